The monoisotopic (exact) mass is 502 g/mol. The third-order valence-electron chi connectivity index (χ3n) is 4.41. The molecule has 3 aromatic rings. The maximum Gasteiger partial charge on any atom is 0.407 e. The van der Waals surface area contributed by atoms with Crippen molar-refractivity contribution in [1.29, 1.82) is 0 Å². The van der Waals surface area contributed by atoms with Gasteiger partial charge in [0.2, 0.25) is 0 Å². The molecule has 2 aromatic carbocycles. The molecule has 7 nitrogen and oxygen atoms in total. The molecule has 0 aliphatic rings. The van der Waals surface area contributed by atoms with E-state index in [1.165, 1.54) is 10.9 Å². The van der Waals surface area contributed by atoms with E-state index in [0.29, 0.717) is 16.5 Å². The predicted molar refractivity (Wildman–Crippen MR) is 124 cm³/mol. The summed E-state index contributed by atoms with van der Waals surface area (Å²) in [4.78, 5) is 24.7. The summed E-state index contributed by atoms with van der Waals surface area (Å²) in [5, 5.41) is 6.58. The molecule has 0 spiro atoms. The maximum atomic E-state index is 13.4. The zero-order valence-electron chi connectivity index (χ0n) is 18.0. The van der Waals surface area contributed by atoms with Gasteiger partial charge in [0.05, 0.1) is 18.6 Å². The lowest BCUT2D eigenvalue weighted by Gasteiger charge is -2.19. The highest BCUT2D eigenvalue weighted by Crippen LogP contribution is 2.27. The van der Waals surface area contributed by atoms with Gasteiger partial charge in [-0.1, -0.05) is 36.4 Å². The highest BCUT2D eigenvalue weighted by molar-refractivity contribution is 9.10. The fourth-order valence-corrected chi connectivity index (χ4v) is 3.38. The number of benzene rings is 2. The number of aromatic nitrogens is 3. The second-order valence-corrected chi connectivity index (χ2v) is 8.95. The molecule has 9 heteroatoms. The summed E-state index contributed by atoms with van der Waals surface area (Å²) in [6.45, 7) is 4.97. The summed E-state index contributed by atoms with van der Waals surface area (Å²) >= 11 is 3.48. The first-order valence-corrected chi connectivity index (χ1v) is 10.7. The fraction of sp³-hybridized carbons (Fsp3) is 0.261. The summed E-state index contributed by atoms with van der Waals surface area (Å²) in [5.74, 6) is 0. The van der Waals surface area contributed by atoms with Crippen LogP contribution in [-0.2, 0) is 11.3 Å². The minimum absolute atomic E-state index is 0.113. The number of hydrogen-bond acceptors (Lipinski definition) is 4. The van der Waals surface area contributed by atoms with Gasteiger partial charge in [-0.15, -0.1) is 0 Å². The van der Waals surface area contributed by atoms with E-state index in [2.05, 4.69) is 26.3 Å². The molecule has 1 heterocycles. The maximum absolute atomic E-state index is 13.4. The molecule has 32 heavy (non-hydrogen) atoms. The van der Waals surface area contributed by atoms with Gasteiger partial charge in [0, 0.05) is 11.0 Å². The zero-order valence-corrected chi connectivity index (χ0v) is 19.6. The Kier molecular flexibility index (Phi) is 7.29. The van der Waals surface area contributed by atoms with Crippen molar-refractivity contribution in [2.45, 2.75) is 32.9 Å². The van der Waals surface area contributed by atoms with E-state index in [0.717, 1.165) is 15.8 Å². The van der Waals surface area contributed by atoms with Crippen LogP contribution in [0.15, 0.2) is 76.0 Å². The molecule has 0 aliphatic heterocycles. The van der Waals surface area contributed by atoms with Gasteiger partial charge in [-0.2, -0.15) is 5.10 Å². The number of nitrogens with one attached hydrogen (secondary N) is 1. The third-order valence-corrected chi connectivity index (χ3v) is 5.08. The van der Waals surface area contributed by atoms with Crippen molar-refractivity contribution in [2.75, 3.05) is 6.54 Å². The summed E-state index contributed by atoms with van der Waals surface area (Å²) < 4.78 is 21.7. The molecule has 0 bridgehead atoms. The lowest BCUT2D eigenvalue weighted by atomic mass is 10.1. The molecular weight excluding hydrogens is 479 g/mol. The average molecular weight is 503 g/mol. The Balaban J connectivity index is 1.78. The van der Waals surface area contributed by atoms with Crippen molar-refractivity contribution in [1.82, 2.24) is 19.7 Å². The quantitative estimate of drug-likeness (QED) is 0.522. The fourth-order valence-electron chi connectivity index (χ4n) is 2.94. The number of rotatable bonds is 6. The Morgan fingerprint density at radius 1 is 1.19 bits per heavy atom. The largest absolute Gasteiger partial charge is 0.444 e. The van der Waals surface area contributed by atoms with Crippen molar-refractivity contribution in [2.24, 2.45) is 0 Å². The smallest absolute Gasteiger partial charge is 0.407 e. The molecule has 168 valence electrons. The average Bonchev–Trinajstić information content (AvgIpc) is 3.10. The van der Waals surface area contributed by atoms with Crippen LogP contribution < -0.4 is 11.0 Å². The van der Waals surface area contributed by atoms with Crippen LogP contribution in [0.1, 0.15) is 20.8 Å². The number of carbonyl (C=O) groups is 1. The summed E-state index contributed by atoms with van der Waals surface area (Å²) in [6, 6.07) is 15.5. The number of nitrogens with zero attached hydrogens (tertiary/aromatic N) is 3. The number of halogens is 2. The molecule has 1 N–H and O–H groups in total. The van der Waals surface area contributed by atoms with E-state index in [-0.39, 0.29) is 18.7 Å². The van der Waals surface area contributed by atoms with Gasteiger partial charge in [-0.3, -0.25) is 0 Å². The second-order valence-electron chi connectivity index (χ2n) is 8.10. The van der Waals surface area contributed by atoms with E-state index in [9.17, 15) is 14.0 Å². The minimum Gasteiger partial charge on any atom is -0.444 e. The number of carbonyl (C=O) groups excluding carboxylic acids is 1. The first-order valence-electron chi connectivity index (χ1n) is 9.93. The molecule has 0 saturated carbocycles. The predicted octanol–water partition coefficient (Wildman–Crippen LogP) is 4.84. The van der Waals surface area contributed by atoms with E-state index >= 15 is 0 Å². The van der Waals surface area contributed by atoms with Gasteiger partial charge < -0.3 is 10.1 Å². The van der Waals surface area contributed by atoms with Crippen LogP contribution in [-0.4, -0.2) is 32.6 Å². The van der Waals surface area contributed by atoms with Crippen LogP contribution in [0.2, 0.25) is 0 Å². The molecule has 0 aliphatic carbocycles. The highest BCUT2D eigenvalue weighted by atomic mass is 79.9. The molecule has 1 aromatic heterocycles. The Labute approximate surface area is 193 Å². The number of hydrogen-bond donors (Lipinski definition) is 1. The van der Waals surface area contributed by atoms with Crippen LogP contribution in [0.5, 0.6) is 0 Å². The van der Waals surface area contributed by atoms with E-state index in [1.807, 2.05) is 48.5 Å². The second kappa shape index (κ2) is 9.95. The Morgan fingerprint density at radius 2 is 1.91 bits per heavy atom. The number of alkyl carbamates (subject to hydrolysis) is 1. The van der Waals surface area contributed by atoms with Crippen LogP contribution in [0.25, 0.3) is 16.8 Å². The summed E-state index contributed by atoms with van der Waals surface area (Å²) in [6.07, 6.45) is 1.07. The van der Waals surface area contributed by atoms with Crippen molar-refractivity contribution in [3.05, 3.63) is 81.7 Å². The Hall–Kier alpha value is -3.20. The van der Waals surface area contributed by atoms with Crippen molar-refractivity contribution < 1.29 is 13.9 Å². The van der Waals surface area contributed by atoms with Crippen LogP contribution >= 0.6 is 15.9 Å². The van der Waals surface area contributed by atoms with E-state index in [1.54, 1.807) is 20.8 Å². The standard InChI is InChI=1S/C23H24BrFN4O3/c1-23(2,3)32-21(30)26-13-16(12-25)14-29-22(31)28(15-27-29)20-11-18(9-10-19(20)24)17-7-5-4-6-8-17/h4-12,15H,13-14H2,1-3H3,(H,26,30)/b16-12+. The number of ether oxygens (including phenoxy) is 1. The topological polar surface area (TPSA) is 78.2 Å². The zero-order chi connectivity index (χ0) is 23.3. The molecule has 1 amide bonds. The van der Waals surface area contributed by atoms with Crippen molar-refractivity contribution in [3.8, 4) is 16.8 Å². The molecule has 0 saturated heterocycles. The molecule has 3 rings (SSSR count). The summed E-state index contributed by atoms with van der Waals surface area (Å²) in [7, 11) is 0. The summed E-state index contributed by atoms with van der Waals surface area (Å²) in [5.41, 5.74) is 1.63. The van der Waals surface area contributed by atoms with Crippen LogP contribution in [0.3, 0.4) is 0 Å². The molecule has 0 fully saturated rings. The van der Waals surface area contributed by atoms with E-state index in [4.69, 9.17) is 4.74 Å². The molecular formula is C23H24BrFN4O3. The van der Waals surface area contributed by atoms with Crippen LogP contribution in [0.4, 0.5) is 9.18 Å². The van der Waals surface area contributed by atoms with Gasteiger partial charge in [-0.25, -0.2) is 23.2 Å². The molecule has 0 atom stereocenters. The first kappa shape index (κ1) is 23.5. The molecule has 0 radical (unpaired) electrons. The van der Waals surface area contributed by atoms with Crippen molar-refractivity contribution in [3.63, 3.8) is 0 Å². The lowest BCUT2D eigenvalue weighted by molar-refractivity contribution is 0.0532. The van der Waals surface area contributed by atoms with E-state index < -0.39 is 17.4 Å². The minimum atomic E-state index is -0.670. The Bertz CT molecular complexity index is 1180. The third kappa shape index (κ3) is 5.94. The normalized spacial score (nSPS) is 12.0. The Morgan fingerprint density at radius 3 is 2.56 bits per heavy atom. The van der Waals surface area contributed by atoms with Crippen molar-refractivity contribution >= 4 is 22.0 Å². The SMILES string of the molecule is CC(C)(C)OC(=O)NC/C(=C\F)Cn1ncn(-c2cc(-c3ccccc3)ccc2Br)c1=O. The van der Waals surface area contributed by atoms with Gasteiger partial charge >= 0.3 is 11.8 Å². The van der Waals surface area contributed by atoms with Gasteiger partial charge in [-0.05, 0) is 65.5 Å². The first-order chi connectivity index (χ1) is 15.2. The number of amides is 1. The highest BCUT2D eigenvalue weighted by Gasteiger charge is 2.17. The van der Waals surface area contributed by atoms with Gasteiger partial charge in [0.15, 0.2) is 0 Å². The van der Waals surface area contributed by atoms with Crippen LogP contribution in [0, 0.1) is 0 Å². The molecule has 0 unspecified atom stereocenters. The van der Waals surface area contributed by atoms with Gasteiger partial charge in [0.1, 0.15) is 11.9 Å². The lowest BCUT2D eigenvalue weighted by Crippen LogP contribution is -2.34. The van der Waals surface area contributed by atoms with Gasteiger partial charge in [0.25, 0.3) is 0 Å².